The summed E-state index contributed by atoms with van der Waals surface area (Å²) in [5, 5.41) is 2.06. The van der Waals surface area contributed by atoms with Crippen molar-refractivity contribution in [3.05, 3.63) is 77.4 Å². The number of piperidine rings is 1. The number of likely N-dealkylation sites (tertiary alicyclic amines) is 1. The number of hydrogen-bond acceptors (Lipinski definition) is 4. The first-order chi connectivity index (χ1) is 15.1. The van der Waals surface area contributed by atoms with E-state index in [4.69, 9.17) is 5.73 Å². The molecule has 5 nitrogen and oxygen atoms in total. The van der Waals surface area contributed by atoms with Gasteiger partial charge in [0.1, 0.15) is 0 Å². The highest BCUT2D eigenvalue weighted by atomic mass is 32.1. The van der Waals surface area contributed by atoms with Crippen LogP contribution in [0.1, 0.15) is 30.4 Å². The number of rotatable bonds is 7. The van der Waals surface area contributed by atoms with Crippen LogP contribution in [-0.2, 0) is 22.4 Å². The Bertz CT molecular complexity index is 1030. The maximum Gasteiger partial charge on any atom is 0.224 e. The molecule has 3 aromatic rings. The van der Waals surface area contributed by atoms with E-state index in [9.17, 15) is 9.59 Å². The zero-order valence-corrected chi connectivity index (χ0v) is 18.3. The highest BCUT2D eigenvalue weighted by Gasteiger charge is 2.41. The van der Waals surface area contributed by atoms with Crippen LogP contribution in [0.2, 0.25) is 0 Å². The fourth-order valence-electron chi connectivity index (χ4n) is 4.36. The Hall–Kier alpha value is -2.99. The van der Waals surface area contributed by atoms with Gasteiger partial charge in [-0.2, -0.15) is 0 Å². The lowest BCUT2D eigenvalue weighted by atomic mass is 9.72. The molecule has 3 heterocycles. The van der Waals surface area contributed by atoms with Crippen molar-refractivity contribution in [2.75, 3.05) is 13.1 Å². The second kappa shape index (κ2) is 9.43. The number of carbonyl (C=O) groups excluding carboxylic acids is 2. The molecular formula is C25H27N3O2S. The third-order valence-corrected chi connectivity index (χ3v) is 7.21. The Morgan fingerprint density at radius 2 is 1.77 bits per heavy atom. The summed E-state index contributed by atoms with van der Waals surface area (Å²) in [6.45, 7) is 1.14. The van der Waals surface area contributed by atoms with Crippen molar-refractivity contribution >= 4 is 23.2 Å². The molecule has 1 saturated heterocycles. The van der Waals surface area contributed by atoms with Crippen molar-refractivity contribution in [3.63, 3.8) is 0 Å². The van der Waals surface area contributed by atoms with Gasteiger partial charge in [-0.3, -0.25) is 14.6 Å². The first-order valence-corrected chi connectivity index (χ1v) is 11.5. The van der Waals surface area contributed by atoms with Crippen molar-refractivity contribution in [3.8, 4) is 10.4 Å². The molecule has 0 saturated carbocycles. The predicted molar refractivity (Wildman–Crippen MR) is 123 cm³/mol. The first-order valence-electron chi connectivity index (χ1n) is 10.7. The summed E-state index contributed by atoms with van der Waals surface area (Å²) in [6.07, 6.45) is 6.47. The second-order valence-electron chi connectivity index (χ2n) is 8.19. The van der Waals surface area contributed by atoms with Crippen LogP contribution >= 0.6 is 11.3 Å². The number of carbonyl (C=O) groups is 2. The monoisotopic (exact) mass is 433 g/mol. The van der Waals surface area contributed by atoms with Crippen molar-refractivity contribution < 1.29 is 9.59 Å². The Morgan fingerprint density at radius 1 is 1.03 bits per heavy atom. The Morgan fingerprint density at radius 3 is 2.45 bits per heavy atom. The Kier molecular flexibility index (Phi) is 6.47. The van der Waals surface area contributed by atoms with E-state index in [2.05, 4.69) is 28.6 Å². The molecule has 31 heavy (non-hydrogen) atoms. The molecule has 0 bridgehead atoms. The number of benzene rings is 1. The molecule has 2 N–H and O–H groups in total. The number of amides is 2. The summed E-state index contributed by atoms with van der Waals surface area (Å²) in [4.78, 5) is 32.4. The number of thiophene rings is 1. The van der Waals surface area contributed by atoms with Crippen LogP contribution in [0.25, 0.3) is 10.4 Å². The van der Waals surface area contributed by atoms with E-state index in [1.807, 2.05) is 35.2 Å². The van der Waals surface area contributed by atoms with Crippen LogP contribution in [0.15, 0.2) is 66.3 Å². The highest BCUT2D eigenvalue weighted by molar-refractivity contribution is 7.13. The molecule has 2 aromatic heterocycles. The second-order valence-corrected chi connectivity index (χ2v) is 9.14. The molecule has 1 aliphatic heterocycles. The largest absolute Gasteiger partial charge is 0.369 e. The van der Waals surface area contributed by atoms with E-state index >= 15 is 0 Å². The Balaban J connectivity index is 1.43. The number of aryl methyl sites for hydroxylation is 1. The van der Waals surface area contributed by atoms with Gasteiger partial charge in [-0.05, 0) is 66.0 Å². The Labute approximate surface area is 186 Å². The summed E-state index contributed by atoms with van der Waals surface area (Å²) in [7, 11) is 0. The van der Waals surface area contributed by atoms with Crippen LogP contribution in [-0.4, -0.2) is 34.8 Å². The van der Waals surface area contributed by atoms with Crippen molar-refractivity contribution in [1.82, 2.24) is 9.88 Å². The molecule has 0 unspecified atom stereocenters. The van der Waals surface area contributed by atoms with Gasteiger partial charge in [-0.15, -0.1) is 11.3 Å². The quantitative estimate of drug-likeness (QED) is 0.610. The van der Waals surface area contributed by atoms with Crippen LogP contribution in [0.4, 0.5) is 0 Å². The van der Waals surface area contributed by atoms with Crippen LogP contribution in [0.3, 0.4) is 0 Å². The molecule has 4 rings (SSSR count). The van der Waals surface area contributed by atoms with Gasteiger partial charge in [0.25, 0.3) is 0 Å². The van der Waals surface area contributed by atoms with Gasteiger partial charge in [0.05, 0.1) is 5.41 Å². The van der Waals surface area contributed by atoms with E-state index < -0.39 is 5.41 Å². The van der Waals surface area contributed by atoms with Gasteiger partial charge in [0, 0.05) is 36.8 Å². The molecule has 0 spiro atoms. The molecule has 0 radical (unpaired) electrons. The van der Waals surface area contributed by atoms with Gasteiger partial charge >= 0.3 is 0 Å². The van der Waals surface area contributed by atoms with E-state index in [0.717, 1.165) is 16.7 Å². The first kappa shape index (κ1) is 21.2. The molecule has 160 valence electrons. The molecule has 1 fully saturated rings. The lowest BCUT2D eigenvalue weighted by Gasteiger charge is -2.40. The van der Waals surface area contributed by atoms with Gasteiger partial charge in [0.15, 0.2) is 0 Å². The maximum atomic E-state index is 12.7. The zero-order chi connectivity index (χ0) is 21.7. The minimum Gasteiger partial charge on any atom is -0.369 e. The third kappa shape index (κ3) is 4.85. The van der Waals surface area contributed by atoms with Crippen molar-refractivity contribution in [2.45, 2.75) is 32.1 Å². The molecule has 0 aliphatic carbocycles. The lowest BCUT2D eigenvalue weighted by molar-refractivity contribution is -0.138. The number of aromatic nitrogens is 1. The molecule has 1 aromatic carbocycles. The number of primary amides is 1. The van der Waals surface area contributed by atoms with E-state index in [-0.39, 0.29) is 11.8 Å². The van der Waals surface area contributed by atoms with E-state index in [1.165, 1.54) is 4.88 Å². The van der Waals surface area contributed by atoms with Crippen LogP contribution in [0.5, 0.6) is 0 Å². The molecular weight excluding hydrogens is 406 g/mol. The summed E-state index contributed by atoms with van der Waals surface area (Å²) in [6, 6.07) is 16.2. The summed E-state index contributed by atoms with van der Waals surface area (Å²) >= 11 is 1.69. The van der Waals surface area contributed by atoms with Gasteiger partial charge < -0.3 is 10.6 Å². The standard InChI is InChI=1S/C25H27N3O2S/c26-24(30)25(18-20-4-1-2-5-21(20)22-6-3-17-31-22)11-15-28(16-12-25)23(29)8-7-19-9-13-27-14-10-19/h1-6,9-10,13-14,17H,7-8,11-12,15-16,18H2,(H2,26,30). The van der Waals surface area contributed by atoms with Gasteiger partial charge in [-0.1, -0.05) is 30.3 Å². The minimum atomic E-state index is -0.616. The summed E-state index contributed by atoms with van der Waals surface area (Å²) < 4.78 is 0. The lowest BCUT2D eigenvalue weighted by Crippen LogP contribution is -2.50. The van der Waals surface area contributed by atoms with Gasteiger partial charge in [-0.25, -0.2) is 0 Å². The van der Waals surface area contributed by atoms with Crippen molar-refractivity contribution in [2.24, 2.45) is 11.1 Å². The SMILES string of the molecule is NC(=O)C1(Cc2ccccc2-c2cccs2)CCN(C(=O)CCc2ccncc2)CC1. The number of nitrogens with zero attached hydrogens (tertiary/aromatic N) is 2. The normalized spacial score (nSPS) is 15.5. The fourth-order valence-corrected chi connectivity index (χ4v) is 5.15. The smallest absolute Gasteiger partial charge is 0.224 e. The summed E-state index contributed by atoms with van der Waals surface area (Å²) in [5.74, 6) is -0.133. The fraction of sp³-hybridized carbons (Fsp3) is 0.320. The number of nitrogens with two attached hydrogens (primary N) is 1. The van der Waals surface area contributed by atoms with Gasteiger partial charge in [0.2, 0.25) is 11.8 Å². The summed E-state index contributed by atoms with van der Waals surface area (Å²) in [5.41, 5.74) is 8.72. The molecule has 1 aliphatic rings. The van der Waals surface area contributed by atoms with E-state index in [0.29, 0.717) is 45.2 Å². The third-order valence-electron chi connectivity index (χ3n) is 6.31. The van der Waals surface area contributed by atoms with Crippen molar-refractivity contribution in [1.29, 1.82) is 0 Å². The topological polar surface area (TPSA) is 76.3 Å². The maximum absolute atomic E-state index is 12.7. The minimum absolute atomic E-state index is 0.133. The van der Waals surface area contributed by atoms with E-state index in [1.54, 1.807) is 23.7 Å². The number of pyridine rings is 1. The predicted octanol–water partition coefficient (Wildman–Crippen LogP) is 4.08. The average Bonchev–Trinajstić information content (AvgIpc) is 3.34. The van der Waals surface area contributed by atoms with Crippen LogP contribution < -0.4 is 5.73 Å². The number of hydrogen-bond donors (Lipinski definition) is 1. The molecule has 0 atom stereocenters. The van der Waals surface area contributed by atoms with Crippen LogP contribution in [0, 0.1) is 5.41 Å². The molecule has 6 heteroatoms. The molecule has 2 amide bonds. The highest BCUT2D eigenvalue weighted by Crippen LogP contribution is 2.38. The average molecular weight is 434 g/mol. The zero-order valence-electron chi connectivity index (χ0n) is 17.5.